The van der Waals surface area contributed by atoms with Crippen LogP contribution in [-0.2, 0) is 0 Å². The fourth-order valence-corrected chi connectivity index (χ4v) is 3.74. The Bertz CT molecular complexity index is 1530. The summed E-state index contributed by atoms with van der Waals surface area (Å²) in [6.45, 7) is 2.33. The average molecular weight is 479 g/mol. The largest absolute Gasteiger partial charge is 0.492 e. The van der Waals surface area contributed by atoms with E-state index in [9.17, 15) is 18.0 Å². The number of hydrogen-bond donors (Lipinski definition) is 3. The quantitative estimate of drug-likeness (QED) is 0.292. The lowest BCUT2D eigenvalue weighted by Crippen LogP contribution is -2.28. The van der Waals surface area contributed by atoms with Crippen molar-refractivity contribution in [2.75, 3.05) is 13.2 Å². The fourth-order valence-electron chi connectivity index (χ4n) is 3.74. The summed E-state index contributed by atoms with van der Waals surface area (Å²) < 4.78 is 45.9. The third-order valence-corrected chi connectivity index (χ3v) is 5.58. The normalized spacial score (nSPS) is 12.2. The first-order valence-electron chi connectivity index (χ1n) is 10.9. The van der Waals surface area contributed by atoms with Crippen molar-refractivity contribution < 1.29 is 22.7 Å². The Balaban J connectivity index is 1.26. The van der Waals surface area contributed by atoms with E-state index in [4.69, 9.17) is 4.74 Å². The van der Waals surface area contributed by atoms with Crippen LogP contribution in [0.4, 0.5) is 13.2 Å². The number of ether oxygens (including phenoxy) is 1. The molecule has 0 fully saturated rings. The molecule has 5 aromatic rings. The Morgan fingerprint density at radius 2 is 1.69 bits per heavy atom. The topological polar surface area (TPSA) is 95.7 Å². The van der Waals surface area contributed by atoms with Crippen molar-refractivity contribution in [2.45, 2.75) is 12.8 Å². The Labute approximate surface area is 197 Å². The van der Waals surface area contributed by atoms with Gasteiger partial charge in [-0.1, -0.05) is 0 Å². The number of H-pyrrole nitrogens is 2. The van der Waals surface area contributed by atoms with Crippen LogP contribution < -0.4 is 10.1 Å². The molecule has 1 amide bonds. The number of carbonyl (C=O) groups is 1. The number of hydrogen-bond acceptors (Lipinski definition) is 4. The molecule has 0 aliphatic heterocycles. The van der Waals surface area contributed by atoms with Crippen LogP contribution in [0.1, 0.15) is 34.8 Å². The second-order valence-corrected chi connectivity index (χ2v) is 8.04. The lowest BCUT2D eigenvalue weighted by Gasteiger charge is -2.08. The Morgan fingerprint density at radius 3 is 2.49 bits per heavy atom. The molecule has 0 bridgehead atoms. The number of benzene rings is 3. The van der Waals surface area contributed by atoms with E-state index in [2.05, 4.69) is 25.3 Å². The molecule has 1 unspecified atom stereocenters. The first kappa shape index (κ1) is 22.5. The van der Waals surface area contributed by atoms with Crippen molar-refractivity contribution in [2.24, 2.45) is 0 Å². The van der Waals surface area contributed by atoms with Crippen molar-refractivity contribution in [1.29, 1.82) is 0 Å². The minimum absolute atomic E-state index is 0.0618. The highest BCUT2D eigenvalue weighted by atomic mass is 19.1. The van der Waals surface area contributed by atoms with E-state index in [1.807, 2.05) is 6.92 Å². The maximum atomic E-state index is 14.0. The van der Waals surface area contributed by atoms with Crippen LogP contribution in [0.2, 0.25) is 0 Å². The minimum Gasteiger partial charge on any atom is -0.492 e. The number of imidazole rings is 2. The van der Waals surface area contributed by atoms with Gasteiger partial charge in [0, 0.05) is 11.6 Å². The van der Waals surface area contributed by atoms with Crippen molar-refractivity contribution in [3.63, 3.8) is 0 Å². The predicted octanol–water partition coefficient (Wildman–Crippen LogP) is 4.82. The number of nitrogens with zero attached hydrogens (tertiary/aromatic N) is 2. The molecule has 2 heterocycles. The molecule has 0 saturated carbocycles. The standard InChI is InChI=1S/C25H20F3N5O2/c1-13(24-32-21-12-16(27)11-18(28)22(21)33-24)23-30-19-7-2-14(10-20(19)31-23)25(34)29-8-9-35-17-5-3-15(26)4-6-17/h2-7,10-13H,8-9H2,1H3,(H,29,34)(H,30,31)(H,32,33). The molecule has 2 aromatic heterocycles. The zero-order chi connectivity index (χ0) is 24.5. The Morgan fingerprint density at radius 1 is 0.943 bits per heavy atom. The third-order valence-electron chi connectivity index (χ3n) is 5.58. The molecule has 1 atom stereocenters. The van der Waals surface area contributed by atoms with Gasteiger partial charge in [-0.05, 0) is 55.5 Å². The van der Waals surface area contributed by atoms with E-state index < -0.39 is 11.6 Å². The number of carbonyl (C=O) groups excluding carboxylic acids is 1. The van der Waals surface area contributed by atoms with Gasteiger partial charge < -0.3 is 20.0 Å². The highest BCUT2D eigenvalue weighted by Gasteiger charge is 2.19. The zero-order valence-electron chi connectivity index (χ0n) is 18.5. The second kappa shape index (κ2) is 9.13. The molecular formula is C25H20F3N5O2. The summed E-state index contributed by atoms with van der Waals surface area (Å²) in [5.41, 5.74) is 2.06. The smallest absolute Gasteiger partial charge is 0.251 e. The number of aromatic nitrogens is 4. The van der Waals surface area contributed by atoms with E-state index in [1.165, 1.54) is 30.3 Å². The van der Waals surface area contributed by atoms with E-state index in [0.29, 0.717) is 34.0 Å². The third kappa shape index (κ3) is 4.68. The van der Waals surface area contributed by atoms with Gasteiger partial charge in [0.15, 0.2) is 5.82 Å². The molecule has 10 heteroatoms. The number of aromatic amines is 2. The summed E-state index contributed by atoms with van der Waals surface area (Å²) in [4.78, 5) is 27.5. The molecule has 0 spiro atoms. The van der Waals surface area contributed by atoms with E-state index >= 15 is 0 Å². The monoisotopic (exact) mass is 479 g/mol. The molecule has 5 rings (SSSR count). The fraction of sp³-hybridized carbons (Fsp3) is 0.160. The van der Waals surface area contributed by atoms with Crippen LogP contribution in [-0.4, -0.2) is 39.0 Å². The minimum atomic E-state index is -0.738. The van der Waals surface area contributed by atoms with Gasteiger partial charge in [0.05, 0.1) is 29.0 Å². The second-order valence-electron chi connectivity index (χ2n) is 8.04. The molecular weight excluding hydrogens is 459 g/mol. The molecule has 0 saturated heterocycles. The highest BCUT2D eigenvalue weighted by molar-refractivity contribution is 5.97. The highest BCUT2D eigenvalue weighted by Crippen LogP contribution is 2.26. The number of rotatable bonds is 7. The van der Waals surface area contributed by atoms with E-state index in [1.54, 1.807) is 18.2 Å². The van der Waals surface area contributed by atoms with Crippen molar-refractivity contribution >= 4 is 28.0 Å². The zero-order valence-corrected chi connectivity index (χ0v) is 18.5. The van der Waals surface area contributed by atoms with Crippen molar-refractivity contribution in [3.8, 4) is 5.75 Å². The molecule has 178 valence electrons. The van der Waals surface area contributed by atoms with Gasteiger partial charge in [-0.15, -0.1) is 0 Å². The summed E-state index contributed by atoms with van der Waals surface area (Å²) >= 11 is 0. The van der Waals surface area contributed by atoms with Gasteiger partial charge >= 0.3 is 0 Å². The van der Waals surface area contributed by atoms with Gasteiger partial charge in [0.25, 0.3) is 5.91 Å². The molecule has 0 radical (unpaired) electrons. The summed E-state index contributed by atoms with van der Waals surface area (Å²) in [6, 6.07) is 12.7. The number of halogens is 3. The SMILES string of the molecule is CC(c1nc2ccc(C(=O)NCCOc3ccc(F)cc3)cc2[nH]1)c1nc2c(F)cc(F)cc2[nH]1. The maximum Gasteiger partial charge on any atom is 0.251 e. The lowest BCUT2D eigenvalue weighted by atomic mass is 10.1. The van der Waals surface area contributed by atoms with E-state index in [-0.39, 0.29) is 41.8 Å². The molecule has 0 aliphatic rings. The first-order valence-corrected chi connectivity index (χ1v) is 10.9. The number of fused-ring (bicyclic) bond motifs is 2. The van der Waals surface area contributed by atoms with Crippen LogP contribution in [0.15, 0.2) is 54.6 Å². The summed E-state index contributed by atoms with van der Waals surface area (Å²) in [7, 11) is 0. The van der Waals surface area contributed by atoms with Crippen molar-refractivity contribution in [1.82, 2.24) is 25.3 Å². The van der Waals surface area contributed by atoms with Crippen LogP contribution in [0.5, 0.6) is 5.75 Å². The molecule has 35 heavy (non-hydrogen) atoms. The van der Waals surface area contributed by atoms with Crippen molar-refractivity contribution in [3.05, 3.63) is 89.3 Å². The predicted molar refractivity (Wildman–Crippen MR) is 124 cm³/mol. The molecule has 0 aliphatic carbocycles. The van der Waals surface area contributed by atoms with Gasteiger partial charge in [0.2, 0.25) is 0 Å². The number of amides is 1. The van der Waals surface area contributed by atoms with Gasteiger partial charge in [0.1, 0.15) is 41.2 Å². The number of nitrogens with one attached hydrogen (secondary N) is 3. The Kier molecular flexibility index (Phi) is 5.86. The van der Waals surface area contributed by atoms with Crippen LogP contribution in [0, 0.1) is 17.5 Å². The van der Waals surface area contributed by atoms with Gasteiger partial charge in [-0.25, -0.2) is 23.1 Å². The molecule has 3 N–H and O–H groups in total. The van der Waals surface area contributed by atoms with Gasteiger partial charge in [-0.2, -0.15) is 0 Å². The molecule has 7 nitrogen and oxygen atoms in total. The summed E-state index contributed by atoms with van der Waals surface area (Å²) in [5.74, 6) is -0.912. The van der Waals surface area contributed by atoms with Crippen LogP contribution in [0.25, 0.3) is 22.1 Å². The first-order chi connectivity index (χ1) is 16.9. The Hall–Kier alpha value is -4.34. The van der Waals surface area contributed by atoms with Crippen LogP contribution in [0.3, 0.4) is 0 Å². The summed E-state index contributed by atoms with van der Waals surface area (Å²) in [5, 5.41) is 2.77. The summed E-state index contributed by atoms with van der Waals surface area (Å²) in [6.07, 6.45) is 0. The lowest BCUT2D eigenvalue weighted by molar-refractivity contribution is 0.0947. The molecule has 3 aromatic carbocycles. The van der Waals surface area contributed by atoms with Crippen LogP contribution >= 0.6 is 0 Å². The van der Waals surface area contributed by atoms with Gasteiger partial charge in [-0.3, -0.25) is 4.79 Å². The van der Waals surface area contributed by atoms with E-state index in [0.717, 1.165) is 6.07 Å². The maximum absolute atomic E-state index is 14.0. The average Bonchev–Trinajstić information content (AvgIpc) is 3.46.